The Labute approximate surface area is 179 Å². The van der Waals surface area contributed by atoms with Crippen LogP contribution in [0, 0.1) is 0 Å². The van der Waals surface area contributed by atoms with Crippen LogP contribution in [0.25, 0.3) is 0 Å². The van der Waals surface area contributed by atoms with E-state index in [0.29, 0.717) is 41.1 Å². The number of hydrogen-bond donors (Lipinski definition) is 0. The molecule has 0 fully saturated rings. The largest absolute Gasteiger partial charge is 0.490 e. The number of aromatic nitrogens is 1. The highest BCUT2D eigenvalue weighted by Gasteiger charge is 2.14. The highest BCUT2D eigenvalue weighted by atomic mass is 35.5. The minimum Gasteiger partial charge on any atom is -0.490 e. The fourth-order valence-corrected chi connectivity index (χ4v) is 3.15. The summed E-state index contributed by atoms with van der Waals surface area (Å²) in [4.78, 5) is 26.5. The van der Waals surface area contributed by atoms with Crippen molar-refractivity contribution < 1.29 is 9.53 Å². The summed E-state index contributed by atoms with van der Waals surface area (Å²) >= 11 is 12.2. The molecule has 2 aromatic carbocycles. The minimum absolute atomic E-state index is 0.203. The van der Waals surface area contributed by atoms with Gasteiger partial charge in [-0.2, -0.15) is 0 Å². The van der Waals surface area contributed by atoms with Gasteiger partial charge in [0.05, 0.1) is 23.7 Å². The van der Waals surface area contributed by atoms with Gasteiger partial charge >= 0.3 is 0 Å². The second-order valence-corrected chi connectivity index (χ2v) is 7.30. The Kier molecular flexibility index (Phi) is 6.96. The van der Waals surface area contributed by atoms with Gasteiger partial charge in [0.15, 0.2) is 0 Å². The minimum atomic E-state index is -0.208. The highest BCUT2D eigenvalue weighted by molar-refractivity contribution is 6.32. The molecule has 0 saturated heterocycles. The van der Waals surface area contributed by atoms with Gasteiger partial charge in [-0.25, -0.2) is 0 Å². The topological polar surface area (TPSA) is 51.5 Å². The number of nitrogens with zero attached hydrogens (tertiary/aromatic N) is 2. The van der Waals surface area contributed by atoms with Crippen molar-refractivity contribution in [2.75, 3.05) is 20.2 Å². The predicted molar refractivity (Wildman–Crippen MR) is 115 cm³/mol. The number of benzene rings is 2. The number of amides is 1. The summed E-state index contributed by atoms with van der Waals surface area (Å²) < 4.78 is 7.11. The van der Waals surface area contributed by atoms with Crippen molar-refractivity contribution in [1.82, 2.24) is 9.47 Å². The molecule has 1 aromatic heterocycles. The lowest BCUT2D eigenvalue weighted by molar-refractivity contribution is 0.0773. The predicted octanol–water partition coefficient (Wildman–Crippen LogP) is 4.35. The average molecular weight is 431 g/mol. The zero-order valence-electron chi connectivity index (χ0n) is 15.8. The third kappa shape index (κ3) is 5.40. The summed E-state index contributed by atoms with van der Waals surface area (Å²) in [7, 11) is 1.68. The van der Waals surface area contributed by atoms with Gasteiger partial charge in [0.2, 0.25) is 0 Å². The SMILES string of the molecule is CN(CCOc1ccccc1Cl)C(=O)c1ccc(=O)n(Cc2ccccc2Cl)c1. The van der Waals surface area contributed by atoms with Crippen LogP contribution >= 0.6 is 23.2 Å². The normalized spacial score (nSPS) is 10.6. The van der Waals surface area contributed by atoms with Crippen molar-refractivity contribution in [2.45, 2.75) is 6.54 Å². The first-order chi connectivity index (χ1) is 14.0. The molecule has 1 heterocycles. The maximum Gasteiger partial charge on any atom is 0.255 e. The Morgan fingerprint density at radius 1 is 1.00 bits per heavy atom. The number of ether oxygens (including phenoxy) is 1. The van der Waals surface area contributed by atoms with Crippen LogP contribution in [0.1, 0.15) is 15.9 Å². The molecule has 0 spiro atoms. The molecule has 0 unspecified atom stereocenters. The van der Waals surface area contributed by atoms with E-state index in [1.807, 2.05) is 30.3 Å². The van der Waals surface area contributed by atoms with E-state index in [9.17, 15) is 9.59 Å². The Hall–Kier alpha value is -2.76. The zero-order chi connectivity index (χ0) is 20.8. The van der Waals surface area contributed by atoms with Crippen molar-refractivity contribution in [2.24, 2.45) is 0 Å². The van der Waals surface area contributed by atoms with E-state index in [1.165, 1.54) is 21.6 Å². The zero-order valence-corrected chi connectivity index (χ0v) is 17.4. The summed E-state index contributed by atoms with van der Waals surface area (Å²) in [6, 6.07) is 17.4. The van der Waals surface area contributed by atoms with Crippen molar-refractivity contribution >= 4 is 29.1 Å². The Balaban J connectivity index is 1.66. The molecule has 3 aromatic rings. The van der Waals surface area contributed by atoms with Gasteiger partial charge in [-0.1, -0.05) is 53.5 Å². The van der Waals surface area contributed by atoms with Crippen molar-refractivity contribution in [1.29, 1.82) is 0 Å². The standard InChI is InChI=1S/C22H20Cl2N2O3/c1-25(12-13-29-20-9-5-4-8-19(20)24)22(28)17-10-11-21(27)26(15-17)14-16-6-2-3-7-18(16)23/h2-11,15H,12-14H2,1H3. The summed E-state index contributed by atoms with van der Waals surface area (Å²) in [5.74, 6) is 0.365. The molecule has 1 amide bonds. The summed E-state index contributed by atoms with van der Waals surface area (Å²) in [5, 5.41) is 1.10. The molecule has 5 nitrogen and oxygen atoms in total. The molecular formula is C22H20Cl2N2O3. The Morgan fingerprint density at radius 2 is 1.69 bits per heavy atom. The average Bonchev–Trinajstić information content (AvgIpc) is 2.72. The molecule has 0 N–H and O–H groups in total. The van der Waals surface area contributed by atoms with E-state index in [4.69, 9.17) is 27.9 Å². The Morgan fingerprint density at radius 3 is 2.41 bits per heavy atom. The third-order valence-corrected chi connectivity index (χ3v) is 5.08. The second-order valence-electron chi connectivity index (χ2n) is 6.48. The molecule has 0 aliphatic carbocycles. The highest BCUT2D eigenvalue weighted by Crippen LogP contribution is 2.23. The molecule has 0 radical (unpaired) electrons. The fourth-order valence-electron chi connectivity index (χ4n) is 2.77. The van der Waals surface area contributed by atoms with E-state index < -0.39 is 0 Å². The number of carbonyl (C=O) groups excluding carboxylic acids is 1. The van der Waals surface area contributed by atoms with Gasteiger partial charge in [-0.3, -0.25) is 9.59 Å². The lowest BCUT2D eigenvalue weighted by Gasteiger charge is -2.18. The van der Waals surface area contributed by atoms with Crippen LogP contribution in [0.3, 0.4) is 0 Å². The maximum absolute atomic E-state index is 12.7. The van der Waals surface area contributed by atoms with Crippen LogP contribution in [0.5, 0.6) is 5.75 Å². The summed E-state index contributed by atoms with van der Waals surface area (Å²) in [6.45, 7) is 0.956. The summed E-state index contributed by atoms with van der Waals surface area (Å²) in [6.07, 6.45) is 1.55. The van der Waals surface area contributed by atoms with E-state index >= 15 is 0 Å². The van der Waals surface area contributed by atoms with E-state index in [0.717, 1.165) is 5.56 Å². The molecule has 0 aliphatic heterocycles. The van der Waals surface area contributed by atoms with Gasteiger partial charge in [0, 0.05) is 24.3 Å². The van der Waals surface area contributed by atoms with E-state index in [2.05, 4.69) is 0 Å². The maximum atomic E-state index is 12.7. The molecule has 0 atom stereocenters. The lowest BCUT2D eigenvalue weighted by atomic mass is 10.2. The molecule has 7 heteroatoms. The molecule has 150 valence electrons. The lowest BCUT2D eigenvalue weighted by Crippen LogP contribution is -2.32. The van der Waals surface area contributed by atoms with Crippen molar-refractivity contribution in [3.05, 3.63) is 98.4 Å². The molecule has 3 rings (SSSR count). The van der Waals surface area contributed by atoms with Gasteiger partial charge in [-0.15, -0.1) is 0 Å². The van der Waals surface area contributed by atoms with Crippen molar-refractivity contribution in [3.8, 4) is 5.75 Å². The number of halogens is 2. The molecule has 0 saturated carbocycles. The van der Waals surface area contributed by atoms with Gasteiger partial charge in [0.1, 0.15) is 12.4 Å². The van der Waals surface area contributed by atoms with Crippen LogP contribution < -0.4 is 10.3 Å². The van der Waals surface area contributed by atoms with Gasteiger partial charge in [0.25, 0.3) is 11.5 Å². The third-order valence-electron chi connectivity index (χ3n) is 4.40. The van der Waals surface area contributed by atoms with Crippen LogP contribution in [-0.4, -0.2) is 35.6 Å². The Bertz CT molecular complexity index is 1070. The van der Waals surface area contributed by atoms with Crippen LogP contribution in [0.4, 0.5) is 0 Å². The van der Waals surface area contributed by atoms with Crippen LogP contribution in [0.2, 0.25) is 10.0 Å². The first kappa shape index (κ1) is 21.0. The number of para-hydroxylation sites is 1. The second kappa shape index (κ2) is 9.63. The van der Waals surface area contributed by atoms with Crippen molar-refractivity contribution in [3.63, 3.8) is 0 Å². The number of pyridine rings is 1. The fraction of sp³-hybridized carbons (Fsp3) is 0.182. The quantitative estimate of drug-likeness (QED) is 0.559. The number of hydrogen-bond acceptors (Lipinski definition) is 3. The first-order valence-electron chi connectivity index (χ1n) is 9.02. The molecule has 0 bridgehead atoms. The van der Waals surface area contributed by atoms with Gasteiger partial charge < -0.3 is 14.2 Å². The number of rotatable bonds is 7. The van der Waals surface area contributed by atoms with E-state index in [1.54, 1.807) is 31.4 Å². The monoisotopic (exact) mass is 430 g/mol. The number of likely N-dealkylation sites (N-methyl/N-ethyl adjacent to an activating group) is 1. The number of carbonyl (C=O) groups is 1. The molecular weight excluding hydrogens is 411 g/mol. The van der Waals surface area contributed by atoms with Crippen LogP contribution in [-0.2, 0) is 6.54 Å². The molecule has 0 aliphatic rings. The smallest absolute Gasteiger partial charge is 0.255 e. The van der Waals surface area contributed by atoms with E-state index in [-0.39, 0.29) is 11.5 Å². The van der Waals surface area contributed by atoms with Gasteiger partial charge in [-0.05, 0) is 29.8 Å². The van der Waals surface area contributed by atoms with Crippen LogP contribution in [0.15, 0.2) is 71.7 Å². The first-order valence-corrected chi connectivity index (χ1v) is 9.78. The summed E-state index contributed by atoms with van der Waals surface area (Å²) in [5.41, 5.74) is 1.02. The molecule has 29 heavy (non-hydrogen) atoms.